The van der Waals surface area contributed by atoms with E-state index >= 15 is 0 Å². The van der Waals surface area contributed by atoms with E-state index in [2.05, 4.69) is 41.3 Å². The summed E-state index contributed by atoms with van der Waals surface area (Å²) in [4.78, 5) is 3.97. The van der Waals surface area contributed by atoms with E-state index in [4.69, 9.17) is 16.9 Å². The van der Waals surface area contributed by atoms with Crippen LogP contribution in [-0.4, -0.2) is 26.2 Å². The third kappa shape index (κ3) is 3.41. The van der Waals surface area contributed by atoms with Crippen molar-refractivity contribution in [1.29, 1.82) is 5.26 Å². The van der Waals surface area contributed by atoms with Crippen LogP contribution in [0.3, 0.4) is 0 Å². The van der Waals surface area contributed by atoms with Crippen LogP contribution in [0.5, 0.6) is 0 Å². The molecule has 2 aromatic rings. The highest BCUT2D eigenvalue weighted by atomic mass is 35.5. The molecule has 1 aliphatic heterocycles. The molecule has 1 aliphatic rings. The van der Waals surface area contributed by atoms with Gasteiger partial charge in [-0.25, -0.2) is 0 Å². The van der Waals surface area contributed by atoms with Crippen LogP contribution in [0.4, 0.5) is 5.69 Å². The Hall–Kier alpha value is -2.02. The van der Waals surface area contributed by atoms with Gasteiger partial charge in [-0.3, -0.25) is 0 Å². The lowest BCUT2D eigenvalue weighted by atomic mass is 10.1. The van der Waals surface area contributed by atoms with E-state index in [1.807, 2.05) is 12.1 Å². The molecule has 22 heavy (non-hydrogen) atoms. The van der Waals surface area contributed by atoms with Crippen LogP contribution in [0, 0.1) is 11.3 Å². The summed E-state index contributed by atoms with van der Waals surface area (Å²) in [5.41, 5.74) is 3.06. The number of benzene rings is 2. The lowest BCUT2D eigenvalue weighted by molar-refractivity contribution is -0.914. The normalized spacial score (nSPS) is 15.5. The van der Waals surface area contributed by atoms with Crippen LogP contribution in [0.15, 0.2) is 48.5 Å². The van der Waals surface area contributed by atoms with E-state index in [0.717, 1.165) is 38.3 Å². The Morgan fingerprint density at radius 2 is 1.82 bits per heavy atom. The molecule has 0 amide bonds. The summed E-state index contributed by atoms with van der Waals surface area (Å²) in [6, 6.07) is 18.3. The van der Waals surface area contributed by atoms with E-state index in [1.54, 1.807) is 11.0 Å². The quantitative estimate of drug-likeness (QED) is 0.941. The first kappa shape index (κ1) is 14.9. The van der Waals surface area contributed by atoms with Crippen LogP contribution in [0.1, 0.15) is 11.1 Å². The van der Waals surface area contributed by atoms with Gasteiger partial charge in [-0.15, -0.1) is 0 Å². The second-order valence-corrected chi connectivity index (χ2v) is 6.07. The fourth-order valence-corrected chi connectivity index (χ4v) is 3.17. The zero-order valence-corrected chi connectivity index (χ0v) is 13.2. The predicted octanol–water partition coefficient (Wildman–Crippen LogP) is 2.12. The molecule has 0 unspecified atom stereocenters. The van der Waals surface area contributed by atoms with Crippen LogP contribution in [-0.2, 0) is 6.54 Å². The fourth-order valence-electron chi connectivity index (χ4n) is 2.93. The molecule has 3 rings (SSSR count). The maximum atomic E-state index is 8.89. The third-order valence-corrected chi connectivity index (χ3v) is 4.57. The number of hydrogen-bond donors (Lipinski definition) is 1. The molecule has 0 aromatic heterocycles. The van der Waals surface area contributed by atoms with Crippen molar-refractivity contribution in [2.75, 3.05) is 31.1 Å². The first-order valence-corrected chi connectivity index (χ1v) is 7.96. The van der Waals surface area contributed by atoms with E-state index in [9.17, 15) is 0 Å². The molecule has 0 bridgehead atoms. The van der Waals surface area contributed by atoms with E-state index in [1.165, 1.54) is 5.69 Å². The van der Waals surface area contributed by atoms with Gasteiger partial charge in [0.15, 0.2) is 0 Å². The van der Waals surface area contributed by atoms with Crippen molar-refractivity contribution in [2.45, 2.75) is 6.54 Å². The van der Waals surface area contributed by atoms with Crippen molar-refractivity contribution in [1.82, 2.24) is 0 Å². The molecule has 1 heterocycles. The Labute approximate surface area is 136 Å². The van der Waals surface area contributed by atoms with Gasteiger partial charge in [-0.05, 0) is 24.3 Å². The van der Waals surface area contributed by atoms with Gasteiger partial charge in [-0.1, -0.05) is 35.9 Å². The minimum absolute atomic E-state index is 0.623. The molecule has 0 radical (unpaired) electrons. The Kier molecular flexibility index (Phi) is 4.62. The van der Waals surface area contributed by atoms with Gasteiger partial charge in [0.2, 0.25) is 0 Å². The SMILES string of the molecule is N#Cc1ccc(C[NH+]2CCN(c3ccccc3)CC2)c(Cl)c1. The maximum absolute atomic E-state index is 8.89. The average molecular weight is 313 g/mol. The largest absolute Gasteiger partial charge is 0.360 e. The number of nitriles is 1. The molecule has 0 saturated carbocycles. The van der Waals surface area contributed by atoms with Gasteiger partial charge in [0, 0.05) is 11.3 Å². The molecule has 1 saturated heterocycles. The van der Waals surface area contributed by atoms with Gasteiger partial charge in [-0.2, -0.15) is 5.26 Å². The molecule has 0 aliphatic carbocycles. The molecule has 1 N–H and O–H groups in total. The van der Waals surface area contributed by atoms with Crippen LogP contribution in [0.2, 0.25) is 5.02 Å². The van der Waals surface area contributed by atoms with Crippen molar-refractivity contribution >= 4 is 17.3 Å². The van der Waals surface area contributed by atoms with Crippen molar-refractivity contribution < 1.29 is 4.90 Å². The second-order valence-electron chi connectivity index (χ2n) is 5.67. The second kappa shape index (κ2) is 6.83. The Morgan fingerprint density at radius 1 is 1.09 bits per heavy atom. The highest BCUT2D eigenvalue weighted by Gasteiger charge is 2.21. The van der Waals surface area contributed by atoms with Crippen molar-refractivity contribution in [3.8, 4) is 6.07 Å². The Morgan fingerprint density at radius 3 is 2.45 bits per heavy atom. The summed E-state index contributed by atoms with van der Waals surface area (Å²) in [6.07, 6.45) is 0. The number of nitrogens with zero attached hydrogens (tertiary/aromatic N) is 2. The van der Waals surface area contributed by atoms with Crippen molar-refractivity contribution in [3.63, 3.8) is 0 Å². The minimum atomic E-state index is 0.623. The summed E-state index contributed by atoms with van der Waals surface area (Å²) >= 11 is 6.28. The number of halogens is 1. The number of nitrogens with one attached hydrogen (secondary N) is 1. The number of anilines is 1. The summed E-state index contributed by atoms with van der Waals surface area (Å²) < 4.78 is 0. The monoisotopic (exact) mass is 312 g/mol. The number of piperazine rings is 1. The lowest BCUT2D eigenvalue weighted by Gasteiger charge is -2.33. The maximum Gasteiger partial charge on any atom is 0.104 e. The number of rotatable bonds is 3. The average Bonchev–Trinajstić information content (AvgIpc) is 2.58. The smallest absolute Gasteiger partial charge is 0.104 e. The third-order valence-electron chi connectivity index (χ3n) is 4.21. The van der Waals surface area contributed by atoms with Crippen molar-refractivity contribution in [2.24, 2.45) is 0 Å². The summed E-state index contributed by atoms with van der Waals surface area (Å²) in [6.45, 7) is 5.25. The zero-order valence-electron chi connectivity index (χ0n) is 12.4. The number of para-hydroxylation sites is 1. The molecule has 2 aromatic carbocycles. The first-order valence-electron chi connectivity index (χ1n) is 7.58. The minimum Gasteiger partial charge on any atom is -0.360 e. The van der Waals surface area contributed by atoms with Gasteiger partial charge in [0.1, 0.15) is 6.54 Å². The fraction of sp³-hybridized carbons (Fsp3) is 0.278. The van der Waals surface area contributed by atoms with Crippen LogP contribution >= 0.6 is 11.6 Å². The lowest BCUT2D eigenvalue weighted by Crippen LogP contribution is -3.13. The van der Waals surface area contributed by atoms with Gasteiger partial charge < -0.3 is 9.80 Å². The van der Waals surface area contributed by atoms with Gasteiger partial charge in [0.05, 0.1) is 42.8 Å². The molecular formula is C18H19ClN3+. The first-order chi connectivity index (χ1) is 10.8. The molecule has 4 heteroatoms. The molecule has 3 nitrogen and oxygen atoms in total. The predicted molar refractivity (Wildman–Crippen MR) is 89.2 cm³/mol. The topological polar surface area (TPSA) is 31.5 Å². The number of quaternary nitrogens is 1. The number of hydrogen-bond acceptors (Lipinski definition) is 2. The van der Waals surface area contributed by atoms with E-state index < -0.39 is 0 Å². The Bertz CT molecular complexity index is 670. The summed E-state index contributed by atoms with van der Waals surface area (Å²) in [7, 11) is 0. The van der Waals surface area contributed by atoms with Gasteiger partial charge in [0.25, 0.3) is 0 Å². The van der Waals surface area contributed by atoms with E-state index in [-0.39, 0.29) is 0 Å². The standard InChI is InChI=1S/C18H18ClN3/c19-18-12-15(13-20)6-7-16(18)14-21-8-10-22(11-9-21)17-4-2-1-3-5-17/h1-7,12H,8-11,14H2/p+1. The highest BCUT2D eigenvalue weighted by Crippen LogP contribution is 2.17. The molecule has 1 fully saturated rings. The highest BCUT2D eigenvalue weighted by molar-refractivity contribution is 6.31. The molecule has 0 atom stereocenters. The summed E-state index contributed by atoms with van der Waals surface area (Å²) in [5, 5.41) is 9.60. The van der Waals surface area contributed by atoms with Crippen LogP contribution in [0.25, 0.3) is 0 Å². The molecule has 0 spiro atoms. The Balaban J connectivity index is 1.59. The van der Waals surface area contributed by atoms with Crippen molar-refractivity contribution in [3.05, 3.63) is 64.7 Å². The van der Waals surface area contributed by atoms with E-state index in [0.29, 0.717) is 10.6 Å². The van der Waals surface area contributed by atoms with Crippen LogP contribution < -0.4 is 9.80 Å². The molecule has 112 valence electrons. The molecular weight excluding hydrogens is 294 g/mol. The summed E-state index contributed by atoms with van der Waals surface area (Å²) in [5.74, 6) is 0. The zero-order chi connectivity index (χ0) is 15.4. The van der Waals surface area contributed by atoms with Gasteiger partial charge >= 0.3 is 0 Å².